The maximum atomic E-state index is 12.6. The molecular weight excluding hydrogens is 356 g/mol. The number of pyridine rings is 1. The minimum absolute atomic E-state index is 0.162. The molecule has 0 amide bonds. The fourth-order valence-corrected chi connectivity index (χ4v) is 3.79. The van der Waals surface area contributed by atoms with Crippen molar-refractivity contribution >= 4 is 11.6 Å². The van der Waals surface area contributed by atoms with Crippen molar-refractivity contribution in [2.45, 2.75) is 43.9 Å². The van der Waals surface area contributed by atoms with Crippen LogP contribution in [0.15, 0.2) is 18.3 Å². The van der Waals surface area contributed by atoms with Gasteiger partial charge >= 0.3 is 6.61 Å². The summed E-state index contributed by atoms with van der Waals surface area (Å²) in [6.45, 7) is -1.48. The Morgan fingerprint density at radius 1 is 1.26 bits per heavy atom. The number of aromatic nitrogens is 3. The number of anilines is 2. The van der Waals surface area contributed by atoms with E-state index in [1.807, 2.05) is 12.1 Å². The second-order valence-corrected chi connectivity index (χ2v) is 7.23. The Balaban J connectivity index is 1.54. The molecule has 0 radical (unpaired) electrons. The predicted octanol–water partition coefficient (Wildman–Crippen LogP) is 2.58. The average Bonchev–Trinajstić information content (AvgIpc) is 3.29. The fourth-order valence-electron chi connectivity index (χ4n) is 3.79. The molecule has 27 heavy (non-hydrogen) atoms. The average molecular weight is 375 g/mol. The van der Waals surface area contributed by atoms with E-state index in [4.69, 9.17) is 15.5 Å². The van der Waals surface area contributed by atoms with E-state index >= 15 is 0 Å². The maximum absolute atomic E-state index is 12.6. The number of hydrogen-bond donors (Lipinski definition) is 1. The normalized spacial score (nSPS) is 24.0. The minimum Gasteiger partial charge on any atom is -0.413 e. The van der Waals surface area contributed by atoms with Crippen molar-refractivity contribution in [1.29, 1.82) is 0 Å². The van der Waals surface area contributed by atoms with Gasteiger partial charge in [0.25, 0.3) is 5.88 Å². The second-order valence-electron chi connectivity index (χ2n) is 7.23. The summed E-state index contributed by atoms with van der Waals surface area (Å²) in [5, 5.41) is 0. The van der Waals surface area contributed by atoms with Crippen LogP contribution in [0, 0.1) is 0 Å². The Hall–Kier alpha value is -2.55. The highest BCUT2D eigenvalue weighted by atomic mass is 19.3. The van der Waals surface area contributed by atoms with E-state index in [0.717, 1.165) is 42.9 Å². The lowest BCUT2D eigenvalue weighted by molar-refractivity contribution is -0.0524. The quantitative estimate of drug-likeness (QED) is 0.859. The summed E-state index contributed by atoms with van der Waals surface area (Å²) in [5.74, 6) is 0.797. The van der Waals surface area contributed by atoms with Crippen molar-refractivity contribution in [3.63, 3.8) is 0 Å². The zero-order valence-corrected chi connectivity index (χ0v) is 14.5. The van der Waals surface area contributed by atoms with Crippen molar-refractivity contribution in [1.82, 2.24) is 15.0 Å². The molecule has 0 spiro atoms. The molecule has 9 heteroatoms. The first-order chi connectivity index (χ1) is 13.1. The van der Waals surface area contributed by atoms with Gasteiger partial charge < -0.3 is 20.1 Å². The number of fused-ring (bicyclic) bond motifs is 2. The Bertz CT molecular complexity index is 877. The lowest BCUT2D eigenvalue weighted by Gasteiger charge is -2.28. The van der Waals surface area contributed by atoms with Crippen LogP contribution in [0.4, 0.5) is 20.4 Å². The largest absolute Gasteiger partial charge is 0.413 e. The van der Waals surface area contributed by atoms with Crippen molar-refractivity contribution in [3.8, 4) is 17.1 Å². The summed E-state index contributed by atoms with van der Waals surface area (Å²) in [6.07, 6.45) is 4.96. The van der Waals surface area contributed by atoms with Crippen LogP contribution in [0.2, 0.25) is 0 Å². The smallest absolute Gasteiger partial charge is 0.388 e. The van der Waals surface area contributed by atoms with Gasteiger partial charge in [-0.25, -0.2) is 15.0 Å². The Kier molecular flexibility index (Phi) is 3.85. The third kappa shape index (κ3) is 3.16. The summed E-state index contributed by atoms with van der Waals surface area (Å²) < 4.78 is 35.3. The lowest BCUT2D eigenvalue weighted by atomic mass is 10.1. The van der Waals surface area contributed by atoms with Gasteiger partial charge in [-0.1, -0.05) is 0 Å². The summed E-state index contributed by atoms with van der Waals surface area (Å²) in [4.78, 5) is 15.3. The van der Waals surface area contributed by atoms with Gasteiger partial charge in [-0.2, -0.15) is 8.78 Å². The number of hydrogen-bond acceptors (Lipinski definition) is 7. The van der Waals surface area contributed by atoms with Crippen LogP contribution in [0.1, 0.15) is 30.9 Å². The third-order valence-electron chi connectivity index (χ3n) is 5.29. The van der Waals surface area contributed by atoms with E-state index in [2.05, 4.69) is 19.6 Å². The number of morpholine rings is 1. The van der Waals surface area contributed by atoms with Gasteiger partial charge in [0.1, 0.15) is 5.82 Å². The summed E-state index contributed by atoms with van der Waals surface area (Å²) in [6, 6.07) is 4.22. The molecule has 7 nitrogen and oxygen atoms in total. The highest BCUT2D eigenvalue weighted by Gasteiger charge is 2.40. The molecule has 2 N–H and O–H groups in total. The molecule has 2 aromatic heterocycles. The lowest BCUT2D eigenvalue weighted by Crippen LogP contribution is -2.37. The monoisotopic (exact) mass is 375 g/mol. The molecular formula is C18H19F2N5O2. The molecule has 2 saturated heterocycles. The van der Waals surface area contributed by atoms with Crippen LogP contribution in [0.5, 0.6) is 5.88 Å². The van der Waals surface area contributed by atoms with E-state index in [0.29, 0.717) is 24.3 Å². The van der Waals surface area contributed by atoms with Crippen molar-refractivity contribution in [2.75, 3.05) is 23.8 Å². The summed E-state index contributed by atoms with van der Waals surface area (Å²) >= 11 is 0. The minimum atomic E-state index is -3.01. The first kappa shape index (κ1) is 16.6. The van der Waals surface area contributed by atoms with Crippen molar-refractivity contribution in [2.24, 2.45) is 0 Å². The second kappa shape index (κ2) is 6.26. The van der Waals surface area contributed by atoms with Crippen molar-refractivity contribution in [3.05, 3.63) is 24.0 Å². The zero-order chi connectivity index (χ0) is 18.5. The first-order valence-electron chi connectivity index (χ1n) is 9.05. The standard InChI is InChI=1S/C18H19F2N5O2/c19-18(20)27-17-16(21)22-6-14(24-17)10-3-13(9-1-2-9)23-15(4-10)25-7-12-5-11(25)8-26-12/h3-4,6,9,11-12,18H,1-2,5,7-8H2,(H2,21,22)/t11-,12-/m0/s1. The molecule has 2 aromatic rings. The highest BCUT2D eigenvalue weighted by molar-refractivity contribution is 5.66. The fraction of sp³-hybridized carbons (Fsp3) is 0.500. The van der Waals surface area contributed by atoms with Gasteiger partial charge in [0.15, 0.2) is 5.82 Å². The number of alkyl halides is 2. The molecule has 0 unspecified atom stereocenters. The number of halogens is 2. The number of nitrogens with zero attached hydrogens (tertiary/aromatic N) is 4. The topological polar surface area (TPSA) is 86.4 Å². The molecule has 3 aliphatic rings. The molecule has 2 atom stereocenters. The van der Waals surface area contributed by atoms with E-state index in [1.165, 1.54) is 6.20 Å². The SMILES string of the molecule is Nc1ncc(-c2cc(C3CC3)nc(N3C[C@@H]4C[C@H]3CO4)c2)nc1OC(F)F. The molecule has 1 aliphatic carbocycles. The van der Waals surface area contributed by atoms with E-state index < -0.39 is 6.61 Å². The summed E-state index contributed by atoms with van der Waals surface area (Å²) in [5.41, 5.74) is 7.82. The molecule has 5 rings (SSSR count). The molecule has 142 valence electrons. The summed E-state index contributed by atoms with van der Waals surface area (Å²) in [7, 11) is 0. The Morgan fingerprint density at radius 2 is 2.11 bits per heavy atom. The molecule has 0 aromatic carbocycles. The van der Waals surface area contributed by atoms with Crippen LogP contribution in [-0.4, -0.2) is 46.9 Å². The number of ether oxygens (including phenoxy) is 2. The van der Waals surface area contributed by atoms with E-state index in [9.17, 15) is 8.78 Å². The molecule has 3 fully saturated rings. The third-order valence-corrected chi connectivity index (χ3v) is 5.29. The van der Waals surface area contributed by atoms with Gasteiger partial charge in [-0.3, -0.25) is 0 Å². The molecule has 1 saturated carbocycles. The van der Waals surface area contributed by atoms with Gasteiger partial charge in [-0.05, 0) is 31.4 Å². The molecule has 2 aliphatic heterocycles. The Morgan fingerprint density at radius 3 is 2.78 bits per heavy atom. The van der Waals surface area contributed by atoms with E-state index in [-0.39, 0.29) is 17.8 Å². The van der Waals surface area contributed by atoms with Gasteiger partial charge in [0.05, 0.1) is 30.6 Å². The van der Waals surface area contributed by atoms with Gasteiger partial charge in [0.2, 0.25) is 0 Å². The number of rotatable bonds is 5. The number of nitrogens with two attached hydrogens (primary N) is 1. The molecule has 2 bridgehead atoms. The highest BCUT2D eigenvalue weighted by Crippen LogP contribution is 2.42. The van der Waals surface area contributed by atoms with Crippen LogP contribution in [0.3, 0.4) is 0 Å². The van der Waals surface area contributed by atoms with Crippen LogP contribution >= 0.6 is 0 Å². The van der Waals surface area contributed by atoms with Crippen LogP contribution < -0.4 is 15.4 Å². The number of nitrogen functional groups attached to an aromatic ring is 1. The predicted molar refractivity (Wildman–Crippen MR) is 93.8 cm³/mol. The van der Waals surface area contributed by atoms with Crippen LogP contribution in [-0.2, 0) is 4.74 Å². The van der Waals surface area contributed by atoms with Crippen LogP contribution in [0.25, 0.3) is 11.3 Å². The van der Waals surface area contributed by atoms with Gasteiger partial charge in [-0.15, -0.1) is 0 Å². The zero-order valence-electron chi connectivity index (χ0n) is 14.5. The van der Waals surface area contributed by atoms with Crippen molar-refractivity contribution < 1.29 is 18.3 Å². The Labute approximate surface area is 154 Å². The van der Waals surface area contributed by atoms with E-state index in [1.54, 1.807) is 0 Å². The molecule has 4 heterocycles. The maximum Gasteiger partial charge on any atom is 0.388 e. The first-order valence-corrected chi connectivity index (χ1v) is 9.05. The van der Waals surface area contributed by atoms with Gasteiger partial charge in [0, 0.05) is 23.7 Å².